The van der Waals surface area contributed by atoms with Crippen LogP contribution in [0.25, 0.3) is 0 Å². The minimum Gasteiger partial charge on any atom is -0.325 e. The van der Waals surface area contributed by atoms with Crippen LogP contribution in [0.4, 0.5) is 5.69 Å². The number of amides is 2. The molecule has 2 fully saturated rings. The fourth-order valence-electron chi connectivity index (χ4n) is 3.18. The van der Waals surface area contributed by atoms with Gasteiger partial charge in [-0.05, 0) is 13.0 Å². The van der Waals surface area contributed by atoms with Crippen molar-refractivity contribution in [1.82, 2.24) is 20.0 Å². The van der Waals surface area contributed by atoms with Gasteiger partial charge in [-0.25, -0.2) is 0 Å². The molecule has 3 rings (SSSR count). The summed E-state index contributed by atoms with van der Waals surface area (Å²) < 4.78 is 1.68. The number of carbonyl (C=O) groups excluding carboxylic acids is 2. The lowest BCUT2D eigenvalue weighted by molar-refractivity contribution is -0.142. The summed E-state index contributed by atoms with van der Waals surface area (Å²) in [4.78, 5) is 27.7. The van der Waals surface area contributed by atoms with Crippen LogP contribution in [0, 0.1) is 0 Å². The minimum atomic E-state index is -0.282. The van der Waals surface area contributed by atoms with E-state index in [0.29, 0.717) is 6.54 Å². The summed E-state index contributed by atoms with van der Waals surface area (Å²) in [5.74, 6) is -0.0846. The van der Waals surface area contributed by atoms with Crippen molar-refractivity contribution in [3.8, 4) is 0 Å². The standard InChI is InChI=1S/C13H19N5O2/c1-10(19)18-7-12(20)17(11-5-15-16(2)6-11)9-13(18)3-4-14-8-13/h5-6,14H,3-4,7-9H2,1-2H3. The van der Waals surface area contributed by atoms with Crippen molar-refractivity contribution >= 4 is 17.5 Å². The summed E-state index contributed by atoms with van der Waals surface area (Å²) in [5.41, 5.74) is 0.516. The molecule has 1 aromatic rings. The molecule has 2 aliphatic heterocycles. The number of hydrogen-bond donors (Lipinski definition) is 1. The van der Waals surface area contributed by atoms with Gasteiger partial charge >= 0.3 is 0 Å². The molecule has 0 bridgehead atoms. The Kier molecular flexibility index (Phi) is 3.01. The van der Waals surface area contributed by atoms with E-state index >= 15 is 0 Å². The first-order valence-corrected chi connectivity index (χ1v) is 6.80. The van der Waals surface area contributed by atoms with E-state index in [2.05, 4.69) is 10.4 Å². The Balaban J connectivity index is 1.92. The van der Waals surface area contributed by atoms with Gasteiger partial charge in [0, 0.05) is 26.7 Å². The van der Waals surface area contributed by atoms with Crippen LogP contribution in [0.2, 0.25) is 0 Å². The summed E-state index contributed by atoms with van der Waals surface area (Å²) in [6.07, 6.45) is 4.39. The van der Waals surface area contributed by atoms with E-state index in [0.717, 1.165) is 25.2 Å². The predicted molar refractivity (Wildman–Crippen MR) is 73.2 cm³/mol. The second-order valence-corrected chi connectivity index (χ2v) is 5.61. The second kappa shape index (κ2) is 4.59. The lowest BCUT2D eigenvalue weighted by Crippen LogP contribution is -2.66. The van der Waals surface area contributed by atoms with Crippen LogP contribution in [0.5, 0.6) is 0 Å². The molecule has 2 amide bonds. The fraction of sp³-hybridized carbons (Fsp3) is 0.615. The SMILES string of the molecule is CC(=O)N1CC(=O)N(c2cnn(C)c2)CC12CCNC2. The molecule has 0 aliphatic carbocycles. The van der Waals surface area contributed by atoms with E-state index in [-0.39, 0.29) is 23.9 Å². The van der Waals surface area contributed by atoms with Crippen molar-refractivity contribution in [3.05, 3.63) is 12.4 Å². The van der Waals surface area contributed by atoms with Crippen LogP contribution in [-0.4, -0.2) is 58.2 Å². The third-order valence-corrected chi connectivity index (χ3v) is 4.22. The zero-order valence-corrected chi connectivity index (χ0v) is 11.8. The van der Waals surface area contributed by atoms with Gasteiger partial charge in [-0.3, -0.25) is 14.3 Å². The Morgan fingerprint density at radius 3 is 2.85 bits per heavy atom. The number of anilines is 1. The topological polar surface area (TPSA) is 70.5 Å². The molecule has 0 aromatic carbocycles. The molecule has 2 saturated heterocycles. The van der Waals surface area contributed by atoms with Crippen molar-refractivity contribution in [2.45, 2.75) is 18.9 Å². The highest BCUT2D eigenvalue weighted by atomic mass is 16.2. The van der Waals surface area contributed by atoms with E-state index in [1.165, 1.54) is 6.92 Å². The van der Waals surface area contributed by atoms with E-state index in [4.69, 9.17) is 0 Å². The summed E-state index contributed by atoms with van der Waals surface area (Å²) in [6.45, 7) is 3.82. The summed E-state index contributed by atoms with van der Waals surface area (Å²) in [7, 11) is 1.83. The average Bonchev–Trinajstić information content (AvgIpc) is 3.02. The predicted octanol–water partition coefficient (Wildman–Crippen LogP) is -0.653. The summed E-state index contributed by atoms with van der Waals surface area (Å²) in [6, 6.07) is 0. The highest BCUT2D eigenvalue weighted by molar-refractivity contribution is 5.98. The molecule has 0 radical (unpaired) electrons. The average molecular weight is 277 g/mol. The number of aryl methyl sites for hydroxylation is 1. The molecular formula is C13H19N5O2. The van der Waals surface area contributed by atoms with Crippen LogP contribution in [-0.2, 0) is 16.6 Å². The molecule has 1 atom stereocenters. The highest BCUT2D eigenvalue weighted by Crippen LogP contribution is 2.31. The number of nitrogens with zero attached hydrogens (tertiary/aromatic N) is 4. The van der Waals surface area contributed by atoms with Crippen molar-refractivity contribution in [2.24, 2.45) is 7.05 Å². The van der Waals surface area contributed by atoms with Gasteiger partial charge in [-0.15, -0.1) is 0 Å². The molecule has 20 heavy (non-hydrogen) atoms. The van der Waals surface area contributed by atoms with Crippen LogP contribution in [0.3, 0.4) is 0 Å². The Bertz CT molecular complexity index is 547. The van der Waals surface area contributed by atoms with Gasteiger partial charge < -0.3 is 15.1 Å². The van der Waals surface area contributed by atoms with Gasteiger partial charge in [0.2, 0.25) is 11.8 Å². The molecule has 1 N–H and O–H groups in total. The van der Waals surface area contributed by atoms with Gasteiger partial charge in [0.1, 0.15) is 6.54 Å². The van der Waals surface area contributed by atoms with Crippen molar-refractivity contribution in [1.29, 1.82) is 0 Å². The van der Waals surface area contributed by atoms with Crippen molar-refractivity contribution in [2.75, 3.05) is 31.1 Å². The summed E-state index contributed by atoms with van der Waals surface area (Å²) in [5, 5.41) is 7.43. The third-order valence-electron chi connectivity index (χ3n) is 4.22. The number of carbonyl (C=O) groups is 2. The van der Waals surface area contributed by atoms with E-state index in [1.807, 2.05) is 13.2 Å². The maximum absolute atomic E-state index is 12.3. The van der Waals surface area contributed by atoms with E-state index < -0.39 is 0 Å². The number of hydrogen-bond acceptors (Lipinski definition) is 4. The van der Waals surface area contributed by atoms with E-state index in [9.17, 15) is 9.59 Å². The van der Waals surface area contributed by atoms with E-state index in [1.54, 1.807) is 20.7 Å². The highest BCUT2D eigenvalue weighted by Gasteiger charge is 2.48. The maximum Gasteiger partial charge on any atom is 0.246 e. The molecule has 1 unspecified atom stereocenters. The number of rotatable bonds is 1. The van der Waals surface area contributed by atoms with Gasteiger partial charge in [0.15, 0.2) is 0 Å². The Hall–Kier alpha value is -1.89. The molecule has 1 spiro atoms. The Morgan fingerprint density at radius 1 is 1.50 bits per heavy atom. The quantitative estimate of drug-likeness (QED) is 0.740. The normalized spacial score (nSPS) is 26.6. The van der Waals surface area contributed by atoms with Crippen LogP contribution < -0.4 is 10.2 Å². The largest absolute Gasteiger partial charge is 0.325 e. The van der Waals surface area contributed by atoms with Gasteiger partial charge in [0.25, 0.3) is 0 Å². The zero-order chi connectivity index (χ0) is 14.3. The second-order valence-electron chi connectivity index (χ2n) is 5.61. The maximum atomic E-state index is 12.3. The zero-order valence-electron chi connectivity index (χ0n) is 11.8. The molecule has 2 aliphatic rings. The van der Waals surface area contributed by atoms with Crippen LogP contribution in [0.1, 0.15) is 13.3 Å². The lowest BCUT2D eigenvalue weighted by atomic mass is 9.92. The molecule has 3 heterocycles. The van der Waals surface area contributed by atoms with Crippen molar-refractivity contribution < 1.29 is 9.59 Å². The minimum absolute atomic E-state index is 0.0344. The van der Waals surface area contributed by atoms with Crippen molar-refractivity contribution in [3.63, 3.8) is 0 Å². The first kappa shape index (κ1) is 13.1. The molecular weight excluding hydrogens is 258 g/mol. The van der Waals surface area contributed by atoms with Gasteiger partial charge in [0.05, 0.1) is 24.0 Å². The van der Waals surface area contributed by atoms with Gasteiger partial charge in [-0.1, -0.05) is 0 Å². The lowest BCUT2D eigenvalue weighted by Gasteiger charge is -2.47. The molecule has 108 valence electrons. The fourth-order valence-corrected chi connectivity index (χ4v) is 3.18. The number of nitrogens with one attached hydrogen (secondary N) is 1. The molecule has 1 aromatic heterocycles. The first-order chi connectivity index (χ1) is 9.52. The number of piperazine rings is 1. The Morgan fingerprint density at radius 2 is 2.30 bits per heavy atom. The monoisotopic (exact) mass is 277 g/mol. The Labute approximate surface area is 117 Å². The van der Waals surface area contributed by atoms with Crippen LogP contribution >= 0.6 is 0 Å². The van der Waals surface area contributed by atoms with Gasteiger partial charge in [-0.2, -0.15) is 5.10 Å². The molecule has 0 saturated carbocycles. The summed E-state index contributed by atoms with van der Waals surface area (Å²) >= 11 is 0. The smallest absolute Gasteiger partial charge is 0.246 e. The van der Waals surface area contributed by atoms with Crippen LogP contribution in [0.15, 0.2) is 12.4 Å². The number of aromatic nitrogens is 2. The molecule has 7 nitrogen and oxygen atoms in total. The molecule has 7 heteroatoms. The first-order valence-electron chi connectivity index (χ1n) is 6.80. The third kappa shape index (κ3) is 1.98.